The molecular weight excluding hydrogens is 445 g/mol. The Morgan fingerprint density at radius 2 is 1.84 bits per heavy atom. The van der Waals surface area contributed by atoms with Crippen molar-refractivity contribution in [2.75, 3.05) is 5.32 Å². The zero-order chi connectivity index (χ0) is 23.2. The van der Waals surface area contributed by atoms with Gasteiger partial charge in [-0.2, -0.15) is 18.3 Å². The molecule has 2 aromatic rings. The van der Waals surface area contributed by atoms with Gasteiger partial charge in [-0.3, -0.25) is 19.7 Å². The molecule has 31 heavy (non-hydrogen) atoms. The highest BCUT2D eigenvalue weighted by atomic mass is 35.5. The van der Waals surface area contributed by atoms with E-state index in [-0.39, 0.29) is 40.6 Å². The number of hydrazone groups is 1. The third-order valence-corrected chi connectivity index (χ3v) is 4.09. The number of phenols is 1. The van der Waals surface area contributed by atoms with Crippen LogP contribution in [0.5, 0.6) is 5.75 Å². The minimum atomic E-state index is -4.62. The molecule has 9 nitrogen and oxygen atoms in total. The van der Waals surface area contributed by atoms with Crippen molar-refractivity contribution >= 4 is 41.0 Å². The van der Waals surface area contributed by atoms with Crippen molar-refractivity contribution in [3.8, 4) is 5.75 Å². The van der Waals surface area contributed by atoms with Crippen LogP contribution in [-0.2, 0) is 15.8 Å². The Bertz CT molecular complexity index is 1040. The molecule has 2 aromatic carbocycles. The first kappa shape index (κ1) is 23.6. The van der Waals surface area contributed by atoms with Gasteiger partial charge in [0.25, 0.3) is 5.69 Å². The van der Waals surface area contributed by atoms with Gasteiger partial charge in [-0.05, 0) is 24.3 Å². The first-order chi connectivity index (χ1) is 14.5. The van der Waals surface area contributed by atoms with E-state index in [1.54, 1.807) is 0 Å². The normalized spacial score (nSPS) is 11.4. The number of halogens is 4. The summed E-state index contributed by atoms with van der Waals surface area (Å²) in [4.78, 5) is 33.7. The number of carbonyl (C=O) groups excluding carboxylic acids is 2. The molecule has 2 amide bonds. The average Bonchev–Trinajstić information content (AvgIpc) is 2.68. The number of nitrogens with zero attached hydrogens (tertiary/aromatic N) is 2. The summed E-state index contributed by atoms with van der Waals surface area (Å²) in [6.07, 6.45) is -4.38. The number of alkyl halides is 3. The Morgan fingerprint density at radius 3 is 2.48 bits per heavy atom. The van der Waals surface area contributed by atoms with E-state index in [4.69, 9.17) is 11.6 Å². The molecule has 2 rings (SSSR count). The van der Waals surface area contributed by atoms with Crippen LogP contribution < -0.4 is 10.7 Å². The van der Waals surface area contributed by atoms with Crippen LogP contribution in [0.2, 0.25) is 5.02 Å². The molecule has 164 valence electrons. The first-order valence-electron chi connectivity index (χ1n) is 8.43. The van der Waals surface area contributed by atoms with Crippen molar-refractivity contribution in [1.82, 2.24) is 5.43 Å². The smallest absolute Gasteiger partial charge is 0.416 e. The zero-order valence-electron chi connectivity index (χ0n) is 15.4. The average molecular weight is 459 g/mol. The van der Waals surface area contributed by atoms with Gasteiger partial charge >= 0.3 is 6.18 Å². The highest BCUT2D eigenvalue weighted by Gasteiger charge is 2.31. The van der Waals surface area contributed by atoms with Crippen LogP contribution in [0.1, 0.15) is 24.0 Å². The van der Waals surface area contributed by atoms with Crippen molar-refractivity contribution in [2.24, 2.45) is 5.10 Å². The lowest BCUT2D eigenvalue weighted by Gasteiger charge is -2.11. The van der Waals surface area contributed by atoms with Crippen LogP contribution in [0.3, 0.4) is 0 Å². The summed E-state index contributed by atoms with van der Waals surface area (Å²) >= 11 is 5.78. The number of anilines is 1. The number of phenolic OH excluding ortho intramolecular Hbond substituents is 1. The van der Waals surface area contributed by atoms with E-state index in [1.807, 2.05) is 0 Å². The highest BCUT2D eigenvalue weighted by molar-refractivity contribution is 6.33. The van der Waals surface area contributed by atoms with Crippen molar-refractivity contribution in [3.63, 3.8) is 0 Å². The van der Waals surface area contributed by atoms with Gasteiger partial charge in [0.15, 0.2) is 0 Å². The maximum atomic E-state index is 12.7. The van der Waals surface area contributed by atoms with Crippen LogP contribution >= 0.6 is 11.6 Å². The Hall–Kier alpha value is -3.67. The fraction of sp³-hybridized carbons (Fsp3) is 0.167. The molecule has 0 aliphatic carbocycles. The molecule has 13 heteroatoms. The number of amides is 2. The van der Waals surface area contributed by atoms with Gasteiger partial charge in [0.05, 0.1) is 27.4 Å². The number of rotatable bonds is 7. The van der Waals surface area contributed by atoms with Crippen molar-refractivity contribution in [2.45, 2.75) is 19.0 Å². The molecule has 0 fully saturated rings. The van der Waals surface area contributed by atoms with Gasteiger partial charge < -0.3 is 10.4 Å². The summed E-state index contributed by atoms with van der Waals surface area (Å²) in [6.45, 7) is 0. The molecule has 0 aliphatic heterocycles. The van der Waals surface area contributed by atoms with Crippen molar-refractivity contribution in [3.05, 3.63) is 62.7 Å². The highest BCUT2D eigenvalue weighted by Crippen LogP contribution is 2.33. The fourth-order valence-corrected chi connectivity index (χ4v) is 2.39. The van der Waals surface area contributed by atoms with E-state index in [9.17, 15) is 38.0 Å². The molecular formula is C18H14ClF3N4O5. The molecule has 0 saturated heterocycles. The molecule has 0 bridgehead atoms. The summed E-state index contributed by atoms with van der Waals surface area (Å²) in [5.74, 6) is -1.77. The van der Waals surface area contributed by atoms with Gasteiger partial charge in [-0.15, -0.1) is 0 Å². The summed E-state index contributed by atoms with van der Waals surface area (Å²) < 4.78 is 38.2. The van der Waals surface area contributed by atoms with Gasteiger partial charge in [0, 0.05) is 30.5 Å². The monoisotopic (exact) mass is 458 g/mol. The molecule has 0 spiro atoms. The number of nitrogens with one attached hydrogen (secondary N) is 2. The lowest BCUT2D eigenvalue weighted by molar-refractivity contribution is -0.384. The maximum Gasteiger partial charge on any atom is 0.416 e. The van der Waals surface area contributed by atoms with E-state index in [2.05, 4.69) is 15.8 Å². The second kappa shape index (κ2) is 9.89. The van der Waals surface area contributed by atoms with Crippen LogP contribution in [0, 0.1) is 10.1 Å². The SMILES string of the molecule is O=C(CCC(=O)Nc1cc(C(F)(F)F)ccc1Cl)N/N=C\c1cc([N+](=O)[O-])ccc1O. The van der Waals surface area contributed by atoms with Crippen molar-refractivity contribution in [1.29, 1.82) is 0 Å². The van der Waals surface area contributed by atoms with Crippen LogP contribution in [0.15, 0.2) is 41.5 Å². The number of benzene rings is 2. The predicted octanol–water partition coefficient (Wildman–Crippen LogP) is 3.84. The van der Waals surface area contributed by atoms with Gasteiger partial charge in [0.2, 0.25) is 11.8 Å². The Morgan fingerprint density at radius 1 is 1.16 bits per heavy atom. The summed E-state index contributed by atoms with van der Waals surface area (Å²) in [5.41, 5.74) is 0.498. The quantitative estimate of drug-likeness (QED) is 0.329. The van der Waals surface area contributed by atoms with E-state index in [1.165, 1.54) is 0 Å². The molecule has 3 N–H and O–H groups in total. The van der Waals surface area contributed by atoms with E-state index < -0.39 is 28.5 Å². The number of aromatic hydroxyl groups is 1. The third-order valence-electron chi connectivity index (χ3n) is 3.76. The molecule has 0 aliphatic rings. The fourth-order valence-electron chi connectivity index (χ4n) is 2.23. The van der Waals surface area contributed by atoms with E-state index in [0.29, 0.717) is 6.07 Å². The second-order valence-corrected chi connectivity index (χ2v) is 6.44. The minimum absolute atomic E-state index is 0.0218. The van der Waals surface area contributed by atoms with E-state index >= 15 is 0 Å². The number of hydrogen-bond donors (Lipinski definition) is 3. The summed E-state index contributed by atoms with van der Waals surface area (Å²) in [6, 6.07) is 5.64. The van der Waals surface area contributed by atoms with Gasteiger partial charge in [0.1, 0.15) is 5.75 Å². The Labute approximate surface area is 177 Å². The van der Waals surface area contributed by atoms with Gasteiger partial charge in [-0.25, -0.2) is 5.43 Å². The summed E-state index contributed by atoms with van der Waals surface area (Å²) in [5, 5.41) is 26.0. The molecule has 0 radical (unpaired) electrons. The number of nitro benzene ring substituents is 1. The Kier molecular flexibility index (Phi) is 7.53. The number of non-ortho nitro benzene ring substituents is 1. The molecule has 0 atom stereocenters. The topological polar surface area (TPSA) is 134 Å². The minimum Gasteiger partial charge on any atom is -0.507 e. The molecule has 0 unspecified atom stereocenters. The van der Waals surface area contributed by atoms with Crippen LogP contribution in [0.4, 0.5) is 24.5 Å². The number of carbonyl (C=O) groups is 2. The molecule has 0 heterocycles. The Balaban J connectivity index is 1.89. The zero-order valence-corrected chi connectivity index (χ0v) is 16.2. The third kappa shape index (κ3) is 6.96. The van der Waals surface area contributed by atoms with Crippen molar-refractivity contribution < 1.29 is 32.8 Å². The molecule has 0 saturated carbocycles. The standard InChI is InChI=1S/C18H14ClF3N4O5/c19-13-3-1-11(18(20,21)22)8-14(13)24-16(28)5-6-17(29)25-23-9-10-7-12(26(30)31)2-4-15(10)27/h1-4,7-9,27H,5-6H2,(H,24,28)(H,25,29)/b23-9-. The maximum absolute atomic E-state index is 12.7. The van der Waals surface area contributed by atoms with Gasteiger partial charge in [-0.1, -0.05) is 11.6 Å². The number of hydrogen-bond acceptors (Lipinski definition) is 6. The van der Waals surface area contributed by atoms with Crippen LogP contribution in [0.25, 0.3) is 0 Å². The van der Waals surface area contributed by atoms with Crippen LogP contribution in [-0.4, -0.2) is 28.1 Å². The summed E-state index contributed by atoms with van der Waals surface area (Å²) in [7, 11) is 0. The second-order valence-electron chi connectivity index (χ2n) is 6.03. The van der Waals surface area contributed by atoms with E-state index in [0.717, 1.165) is 36.5 Å². The lowest BCUT2D eigenvalue weighted by Crippen LogP contribution is -2.21. The predicted molar refractivity (Wildman–Crippen MR) is 105 cm³/mol. The number of nitro groups is 1. The first-order valence-corrected chi connectivity index (χ1v) is 8.81. The molecule has 0 aromatic heterocycles. The largest absolute Gasteiger partial charge is 0.507 e. The lowest BCUT2D eigenvalue weighted by atomic mass is 10.2.